The van der Waals surface area contributed by atoms with Gasteiger partial charge in [-0.05, 0) is 18.6 Å². The second-order valence-electron chi connectivity index (χ2n) is 4.38. The van der Waals surface area contributed by atoms with Crippen molar-refractivity contribution in [3.8, 4) is 0 Å². The van der Waals surface area contributed by atoms with Gasteiger partial charge < -0.3 is 23.9 Å². The molecular formula is C13H24N2O3Si. The van der Waals surface area contributed by atoms with E-state index in [0.717, 1.165) is 30.4 Å². The van der Waals surface area contributed by atoms with Gasteiger partial charge in [-0.1, -0.05) is 12.1 Å². The van der Waals surface area contributed by atoms with Gasteiger partial charge in [0.1, 0.15) is 0 Å². The lowest BCUT2D eigenvalue weighted by Crippen LogP contribution is -2.43. The Kier molecular flexibility index (Phi) is 6.30. The van der Waals surface area contributed by atoms with Crippen LogP contribution >= 0.6 is 0 Å². The highest BCUT2D eigenvalue weighted by Gasteiger charge is 2.36. The first-order valence-corrected chi connectivity index (χ1v) is 8.23. The van der Waals surface area contributed by atoms with Crippen molar-refractivity contribution in [3.63, 3.8) is 0 Å². The smallest absolute Gasteiger partial charge is 0.397 e. The third-order valence-electron chi connectivity index (χ3n) is 3.26. The van der Waals surface area contributed by atoms with E-state index in [-0.39, 0.29) is 0 Å². The van der Waals surface area contributed by atoms with Crippen molar-refractivity contribution >= 4 is 20.2 Å². The van der Waals surface area contributed by atoms with Gasteiger partial charge >= 0.3 is 8.80 Å². The molecule has 0 bridgehead atoms. The minimum Gasteiger partial charge on any atom is -0.397 e. The molecule has 1 aromatic carbocycles. The summed E-state index contributed by atoms with van der Waals surface area (Å²) < 4.78 is 16.2. The summed E-state index contributed by atoms with van der Waals surface area (Å²) in [5.74, 6) is 0. The van der Waals surface area contributed by atoms with Gasteiger partial charge in [0.15, 0.2) is 0 Å². The average Bonchev–Trinajstić information content (AvgIpc) is 2.44. The normalized spacial score (nSPS) is 11.6. The van der Waals surface area contributed by atoms with Crippen LogP contribution in [0.5, 0.6) is 0 Å². The van der Waals surface area contributed by atoms with Gasteiger partial charge in [0.2, 0.25) is 0 Å². The van der Waals surface area contributed by atoms with Gasteiger partial charge in [0.25, 0.3) is 0 Å². The fraction of sp³-hybridized carbons (Fsp3) is 0.538. The number of para-hydroxylation sites is 2. The molecule has 0 atom stereocenters. The summed E-state index contributed by atoms with van der Waals surface area (Å²) in [5.41, 5.74) is 7.78. The van der Waals surface area contributed by atoms with Crippen LogP contribution in [0.15, 0.2) is 24.3 Å². The topological polar surface area (TPSA) is 57.0 Å². The molecule has 0 heterocycles. The molecule has 0 aromatic heterocycles. The highest BCUT2D eigenvalue weighted by Crippen LogP contribution is 2.22. The fourth-order valence-electron chi connectivity index (χ4n) is 2.04. The van der Waals surface area contributed by atoms with E-state index in [9.17, 15) is 0 Å². The summed E-state index contributed by atoms with van der Waals surface area (Å²) in [7, 11) is 4.48. The van der Waals surface area contributed by atoms with Crippen molar-refractivity contribution in [2.24, 2.45) is 0 Å². The first-order valence-electron chi connectivity index (χ1n) is 6.29. The summed E-state index contributed by atoms with van der Waals surface area (Å²) in [6.45, 7) is 0.874. The number of hydrogen-bond donors (Lipinski definition) is 1. The largest absolute Gasteiger partial charge is 0.500 e. The number of anilines is 2. The van der Waals surface area contributed by atoms with Crippen LogP contribution in [-0.2, 0) is 13.3 Å². The number of rotatable bonds is 8. The second kappa shape index (κ2) is 7.49. The van der Waals surface area contributed by atoms with Crippen molar-refractivity contribution in [2.75, 3.05) is 45.6 Å². The lowest BCUT2D eigenvalue weighted by atomic mass is 10.2. The first-order chi connectivity index (χ1) is 9.08. The maximum atomic E-state index is 5.95. The zero-order valence-corrected chi connectivity index (χ0v) is 13.2. The standard InChI is InChI=1S/C13H24N2O3Si/c1-15(13-9-6-5-8-12(13)14)10-7-11-19(16-2,17-3)18-4/h5-6,8-9H,7,10-11,14H2,1-4H3. The summed E-state index contributed by atoms with van der Waals surface area (Å²) in [4.78, 5) is 2.13. The van der Waals surface area contributed by atoms with Gasteiger partial charge in [-0.25, -0.2) is 0 Å². The molecule has 0 fully saturated rings. The maximum absolute atomic E-state index is 5.95. The van der Waals surface area contributed by atoms with Crippen LogP contribution in [-0.4, -0.2) is 43.7 Å². The Labute approximate surface area is 116 Å². The molecular weight excluding hydrogens is 260 g/mol. The Morgan fingerprint density at radius 3 is 2.21 bits per heavy atom. The van der Waals surface area contributed by atoms with Crippen LogP contribution in [0.2, 0.25) is 6.04 Å². The van der Waals surface area contributed by atoms with Crippen molar-refractivity contribution in [1.29, 1.82) is 0 Å². The molecule has 1 rings (SSSR count). The number of benzene rings is 1. The van der Waals surface area contributed by atoms with E-state index in [1.54, 1.807) is 21.3 Å². The summed E-state index contributed by atoms with van der Waals surface area (Å²) in [5, 5.41) is 0. The Morgan fingerprint density at radius 1 is 1.11 bits per heavy atom. The molecule has 1 aromatic rings. The Morgan fingerprint density at radius 2 is 1.68 bits per heavy atom. The Balaban J connectivity index is 2.51. The molecule has 0 saturated heterocycles. The molecule has 0 aliphatic heterocycles. The maximum Gasteiger partial charge on any atom is 0.500 e. The highest BCUT2D eigenvalue weighted by molar-refractivity contribution is 6.60. The molecule has 5 nitrogen and oxygen atoms in total. The van der Waals surface area contributed by atoms with E-state index in [1.807, 2.05) is 31.3 Å². The minimum absolute atomic E-state index is 0.785. The van der Waals surface area contributed by atoms with Gasteiger partial charge in [0, 0.05) is 41.0 Å². The van der Waals surface area contributed by atoms with Gasteiger partial charge in [-0.15, -0.1) is 0 Å². The van der Waals surface area contributed by atoms with E-state index in [1.165, 1.54) is 0 Å². The molecule has 2 N–H and O–H groups in total. The lowest BCUT2D eigenvalue weighted by molar-refractivity contribution is 0.123. The molecule has 0 aliphatic carbocycles. The monoisotopic (exact) mass is 284 g/mol. The van der Waals surface area contributed by atoms with Gasteiger partial charge in [-0.3, -0.25) is 0 Å². The summed E-state index contributed by atoms with van der Waals surface area (Å²) in [6.07, 6.45) is 0.923. The van der Waals surface area contributed by atoms with Crippen LogP contribution in [0.25, 0.3) is 0 Å². The van der Waals surface area contributed by atoms with Crippen molar-refractivity contribution < 1.29 is 13.3 Å². The molecule has 19 heavy (non-hydrogen) atoms. The number of nitrogen functional groups attached to an aromatic ring is 1. The second-order valence-corrected chi connectivity index (χ2v) is 7.47. The SMILES string of the molecule is CO[Si](CCCN(C)c1ccccc1N)(OC)OC. The van der Waals surface area contributed by atoms with E-state index in [4.69, 9.17) is 19.0 Å². The molecule has 0 spiro atoms. The molecule has 0 amide bonds. The van der Waals surface area contributed by atoms with Crippen LogP contribution < -0.4 is 10.6 Å². The molecule has 0 radical (unpaired) electrons. The molecule has 0 saturated carbocycles. The third kappa shape index (κ3) is 4.21. The predicted molar refractivity (Wildman–Crippen MR) is 80.3 cm³/mol. The van der Waals surface area contributed by atoms with E-state index in [2.05, 4.69) is 4.90 Å². The summed E-state index contributed by atoms with van der Waals surface area (Å²) in [6, 6.07) is 8.63. The zero-order chi connectivity index (χ0) is 14.3. The average molecular weight is 284 g/mol. The van der Waals surface area contributed by atoms with Crippen LogP contribution in [0.1, 0.15) is 6.42 Å². The van der Waals surface area contributed by atoms with Crippen LogP contribution in [0.4, 0.5) is 11.4 Å². The fourth-order valence-corrected chi connectivity index (χ4v) is 3.75. The molecule has 108 valence electrons. The first kappa shape index (κ1) is 16.0. The minimum atomic E-state index is -2.46. The van der Waals surface area contributed by atoms with Crippen molar-refractivity contribution in [2.45, 2.75) is 12.5 Å². The number of nitrogens with zero attached hydrogens (tertiary/aromatic N) is 1. The van der Waals surface area contributed by atoms with Crippen molar-refractivity contribution in [1.82, 2.24) is 0 Å². The van der Waals surface area contributed by atoms with E-state index >= 15 is 0 Å². The van der Waals surface area contributed by atoms with Crippen molar-refractivity contribution in [3.05, 3.63) is 24.3 Å². The summed E-state index contributed by atoms with van der Waals surface area (Å²) >= 11 is 0. The molecule has 0 unspecified atom stereocenters. The Hall–Kier alpha value is -1.08. The quantitative estimate of drug-likeness (QED) is 0.584. The Bertz CT molecular complexity index is 378. The third-order valence-corrected chi connectivity index (χ3v) is 6.09. The molecule has 6 heteroatoms. The number of hydrogen-bond acceptors (Lipinski definition) is 5. The predicted octanol–water partition coefficient (Wildman–Crippen LogP) is 1.97. The lowest BCUT2D eigenvalue weighted by Gasteiger charge is -2.26. The van der Waals surface area contributed by atoms with E-state index < -0.39 is 8.80 Å². The van der Waals surface area contributed by atoms with Gasteiger partial charge in [0.05, 0.1) is 11.4 Å². The molecule has 0 aliphatic rings. The van der Waals surface area contributed by atoms with Gasteiger partial charge in [-0.2, -0.15) is 0 Å². The van der Waals surface area contributed by atoms with Crippen LogP contribution in [0.3, 0.4) is 0 Å². The number of nitrogens with two attached hydrogens (primary N) is 1. The van der Waals surface area contributed by atoms with Crippen LogP contribution in [0, 0.1) is 0 Å². The highest BCUT2D eigenvalue weighted by atomic mass is 28.4. The van der Waals surface area contributed by atoms with E-state index in [0.29, 0.717) is 0 Å². The zero-order valence-electron chi connectivity index (χ0n) is 12.2.